The van der Waals surface area contributed by atoms with Crippen LogP contribution >= 0.6 is 11.6 Å². The molecule has 1 aliphatic heterocycles. The third-order valence-electron chi connectivity index (χ3n) is 4.32. The van der Waals surface area contributed by atoms with Crippen molar-refractivity contribution in [1.29, 1.82) is 0 Å². The molecule has 0 atom stereocenters. The number of aryl methyl sites for hydroxylation is 1. The number of anilines is 1. The molecule has 25 heavy (non-hydrogen) atoms. The monoisotopic (exact) mass is 359 g/mol. The number of pyridine rings is 1. The first-order valence-electron chi connectivity index (χ1n) is 8.46. The van der Waals surface area contributed by atoms with Gasteiger partial charge in [0.2, 0.25) is 5.91 Å². The van der Waals surface area contributed by atoms with Gasteiger partial charge in [-0.2, -0.15) is 0 Å². The predicted molar refractivity (Wildman–Crippen MR) is 99.3 cm³/mol. The number of amides is 1. The van der Waals surface area contributed by atoms with Gasteiger partial charge in [0.15, 0.2) is 0 Å². The lowest BCUT2D eigenvalue weighted by Crippen LogP contribution is -2.49. The molecule has 1 aromatic heterocycles. The van der Waals surface area contributed by atoms with Gasteiger partial charge in [0.1, 0.15) is 11.6 Å². The van der Waals surface area contributed by atoms with Crippen molar-refractivity contribution >= 4 is 23.3 Å². The van der Waals surface area contributed by atoms with E-state index in [4.69, 9.17) is 16.3 Å². The van der Waals surface area contributed by atoms with E-state index in [9.17, 15) is 4.79 Å². The summed E-state index contributed by atoms with van der Waals surface area (Å²) in [5.41, 5.74) is 0.969. The van der Waals surface area contributed by atoms with Crippen LogP contribution in [-0.2, 0) is 4.79 Å². The Morgan fingerprint density at radius 2 is 2.00 bits per heavy atom. The molecule has 0 unspecified atom stereocenters. The minimum absolute atomic E-state index is 0.131. The molecule has 1 amide bonds. The number of benzene rings is 1. The third kappa shape index (κ3) is 4.63. The minimum Gasteiger partial charge on any atom is -0.493 e. The van der Waals surface area contributed by atoms with E-state index < -0.39 is 0 Å². The second-order valence-corrected chi connectivity index (χ2v) is 6.47. The number of nitrogens with zero attached hydrogens (tertiary/aromatic N) is 3. The summed E-state index contributed by atoms with van der Waals surface area (Å²) in [4.78, 5) is 20.8. The van der Waals surface area contributed by atoms with Crippen LogP contribution in [0.25, 0.3) is 0 Å². The van der Waals surface area contributed by atoms with Crippen LogP contribution in [0.3, 0.4) is 0 Å². The van der Waals surface area contributed by atoms with Crippen molar-refractivity contribution in [3.8, 4) is 5.75 Å². The predicted octanol–water partition coefficient (Wildman–Crippen LogP) is 3.16. The number of rotatable bonds is 5. The van der Waals surface area contributed by atoms with Crippen LogP contribution in [0.4, 0.5) is 5.82 Å². The van der Waals surface area contributed by atoms with Crippen molar-refractivity contribution in [1.82, 2.24) is 9.88 Å². The van der Waals surface area contributed by atoms with Gasteiger partial charge in [-0.3, -0.25) is 4.79 Å². The van der Waals surface area contributed by atoms with Gasteiger partial charge in [-0.15, -0.1) is 0 Å². The SMILES string of the molecule is Cc1cc(OCCC(=O)N2CCN(c3ccccn3)CC2)ccc1Cl. The maximum Gasteiger partial charge on any atom is 0.226 e. The molecular formula is C19H22ClN3O2. The van der Waals surface area contributed by atoms with Gasteiger partial charge in [-0.1, -0.05) is 17.7 Å². The number of halogens is 1. The first-order chi connectivity index (χ1) is 12.1. The quantitative estimate of drug-likeness (QED) is 0.822. The van der Waals surface area contributed by atoms with E-state index in [1.165, 1.54) is 0 Å². The molecule has 1 aliphatic rings. The first-order valence-corrected chi connectivity index (χ1v) is 8.84. The van der Waals surface area contributed by atoms with Gasteiger partial charge in [0, 0.05) is 37.4 Å². The lowest BCUT2D eigenvalue weighted by atomic mass is 10.2. The van der Waals surface area contributed by atoms with Gasteiger partial charge >= 0.3 is 0 Å². The van der Waals surface area contributed by atoms with Gasteiger partial charge < -0.3 is 14.5 Å². The summed E-state index contributed by atoms with van der Waals surface area (Å²) in [5.74, 6) is 1.84. The Kier molecular flexibility index (Phi) is 5.76. The Balaban J connectivity index is 1.43. The summed E-state index contributed by atoms with van der Waals surface area (Å²) >= 11 is 6.00. The topological polar surface area (TPSA) is 45.7 Å². The molecule has 1 aromatic carbocycles. The molecule has 132 valence electrons. The second-order valence-electron chi connectivity index (χ2n) is 6.07. The number of piperazine rings is 1. The number of carbonyl (C=O) groups excluding carboxylic acids is 1. The first kappa shape index (κ1) is 17.5. The van der Waals surface area contributed by atoms with Crippen molar-refractivity contribution in [2.24, 2.45) is 0 Å². The van der Waals surface area contributed by atoms with Crippen LogP contribution in [0, 0.1) is 6.92 Å². The largest absolute Gasteiger partial charge is 0.493 e. The van der Waals surface area contributed by atoms with E-state index in [-0.39, 0.29) is 5.91 Å². The molecule has 2 aromatic rings. The molecule has 2 heterocycles. The van der Waals surface area contributed by atoms with E-state index in [0.29, 0.717) is 18.1 Å². The van der Waals surface area contributed by atoms with Crippen LogP contribution < -0.4 is 9.64 Å². The number of hydrogen-bond acceptors (Lipinski definition) is 4. The molecule has 0 aliphatic carbocycles. The summed E-state index contributed by atoms with van der Waals surface area (Å²) in [6, 6.07) is 11.4. The molecule has 1 fully saturated rings. The average Bonchev–Trinajstić information content (AvgIpc) is 2.65. The molecule has 1 saturated heterocycles. The molecule has 3 rings (SSSR count). The Bertz CT molecular complexity index is 716. The Labute approximate surface area is 153 Å². The highest BCUT2D eigenvalue weighted by Gasteiger charge is 2.21. The normalized spacial score (nSPS) is 14.5. The summed E-state index contributed by atoms with van der Waals surface area (Å²) in [6.45, 7) is 5.35. The highest BCUT2D eigenvalue weighted by Crippen LogP contribution is 2.21. The molecule has 0 saturated carbocycles. The van der Waals surface area contributed by atoms with Crippen molar-refractivity contribution in [3.05, 3.63) is 53.2 Å². The van der Waals surface area contributed by atoms with Crippen molar-refractivity contribution in [2.75, 3.05) is 37.7 Å². The number of ether oxygens (including phenoxy) is 1. The zero-order valence-corrected chi connectivity index (χ0v) is 15.1. The summed E-state index contributed by atoms with van der Waals surface area (Å²) in [6.07, 6.45) is 2.17. The van der Waals surface area contributed by atoms with Crippen LogP contribution in [-0.4, -0.2) is 48.6 Å². The Morgan fingerprint density at radius 1 is 1.20 bits per heavy atom. The number of hydrogen-bond donors (Lipinski definition) is 0. The van der Waals surface area contributed by atoms with Crippen LogP contribution in [0.1, 0.15) is 12.0 Å². The lowest BCUT2D eigenvalue weighted by molar-refractivity contribution is -0.132. The molecule has 0 N–H and O–H groups in total. The summed E-state index contributed by atoms with van der Waals surface area (Å²) in [7, 11) is 0. The zero-order valence-electron chi connectivity index (χ0n) is 14.3. The fraction of sp³-hybridized carbons (Fsp3) is 0.368. The fourth-order valence-corrected chi connectivity index (χ4v) is 2.96. The maximum atomic E-state index is 12.3. The smallest absolute Gasteiger partial charge is 0.226 e. The van der Waals surface area contributed by atoms with Crippen LogP contribution in [0.15, 0.2) is 42.6 Å². The van der Waals surface area contributed by atoms with E-state index in [1.54, 1.807) is 6.20 Å². The lowest BCUT2D eigenvalue weighted by Gasteiger charge is -2.35. The molecule has 6 heteroatoms. The fourth-order valence-electron chi connectivity index (χ4n) is 2.85. The molecule has 5 nitrogen and oxygen atoms in total. The van der Waals surface area contributed by atoms with Gasteiger partial charge in [0.25, 0.3) is 0 Å². The van der Waals surface area contributed by atoms with E-state index in [2.05, 4.69) is 9.88 Å². The highest BCUT2D eigenvalue weighted by molar-refractivity contribution is 6.31. The maximum absolute atomic E-state index is 12.3. The molecule has 0 radical (unpaired) electrons. The van der Waals surface area contributed by atoms with Crippen LogP contribution in [0.2, 0.25) is 5.02 Å². The molecular weight excluding hydrogens is 338 g/mol. The highest BCUT2D eigenvalue weighted by atomic mass is 35.5. The molecule has 0 spiro atoms. The molecule has 0 bridgehead atoms. The Morgan fingerprint density at radius 3 is 2.68 bits per heavy atom. The average molecular weight is 360 g/mol. The van der Waals surface area contributed by atoms with Crippen molar-refractivity contribution < 1.29 is 9.53 Å². The minimum atomic E-state index is 0.131. The van der Waals surface area contributed by atoms with Crippen molar-refractivity contribution in [3.63, 3.8) is 0 Å². The zero-order chi connectivity index (χ0) is 17.6. The van der Waals surface area contributed by atoms with Gasteiger partial charge in [-0.05, 0) is 42.8 Å². The summed E-state index contributed by atoms with van der Waals surface area (Å²) in [5, 5.41) is 0.717. The third-order valence-corrected chi connectivity index (χ3v) is 4.74. The number of carbonyl (C=O) groups is 1. The van der Waals surface area contributed by atoms with Gasteiger partial charge in [0.05, 0.1) is 13.0 Å². The Hall–Kier alpha value is -2.27. The van der Waals surface area contributed by atoms with E-state index in [1.807, 2.05) is 48.2 Å². The van der Waals surface area contributed by atoms with E-state index >= 15 is 0 Å². The van der Waals surface area contributed by atoms with Crippen LogP contribution in [0.5, 0.6) is 5.75 Å². The second kappa shape index (κ2) is 8.21. The van der Waals surface area contributed by atoms with E-state index in [0.717, 1.165) is 43.3 Å². The standard InChI is InChI=1S/C19H22ClN3O2/c1-15-14-16(5-6-17(15)20)25-13-7-19(24)23-11-9-22(10-12-23)18-4-2-3-8-21-18/h2-6,8,14H,7,9-13H2,1H3. The van der Waals surface area contributed by atoms with Crippen molar-refractivity contribution in [2.45, 2.75) is 13.3 Å². The summed E-state index contributed by atoms with van der Waals surface area (Å²) < 4.78 is 5.67. The number of aromatic nitrogens is 1. The van der Waals surface area contributed by atoms with Gasteiger partial charge in [-0.25, -0.2) is 4.98 Å².